The molecule has 1 aliphatic rings. The lowest BCUT2D eigenvalue weighted by molar-refractivity contribution is -0.385. The molecule has 1 atom stereocenters. The molecular formula is C14H19N3O3. The van der Waals surface area contributed by atoms with Crippen LogP contribution in [0.25, 0.3) is 0 Å². The second-order valence-corrected chi connectivity index (χ2v) is 5.27. The van der Waals surface area contributed by atoms with Crippen molar-refractivity contribution in [1.29, 1.82) is 0 Å². The maximum Gasteiger partial charge on any atom is 0.274 e. The molecule has 1 amide bonds. The van der Waals surface area contributed by atoms with Crippen LogP contribution in [-0.4, -0.2) is 22.9 Å². The van der Waals surface area contributed by atoms with Gasteiger partial charge in [-0.2, -0.15) is 0 Å². The van der Waals surface area contributed by atoms with Crippen LogP contribution in [0.15, 0.2) is 18.2 Å². The minimum Gasteiger partial charge on any atom is -0.324 e. The maximum absolute atomic E-state index is 12.2. The zero-order valence-corrected chi connectivity index (χ0v) is 11.7. The van der Waals surface area contributed by atoms with E-state index in [-0.39, 0.29) is 11.6 Å². The van der Waals surface area contributed by atoms with Gasteiger partial charge in [-0.1, -0.05) is 13.0 Å². The minimum atomic E-state index is -0.585. The molecule has 0 bridgehead atoms. The number of hydrogen-bond donors (Lipinski definition) is 2. The van der Waals surface area contributed by atoms with E-state index in [1.807, 2.05) is 13.8 Å². The first-order chi connectivity index (χ1) is 9.46. The van der Waals surface area contributed by atoms with E-state index in [0.29, 0.717) is 17.7 Å². The third-order valence-electron chi connectivity index (χ3n) is 3.79. The molecule has 2 rings (SSSR count). The zero-order chi connectivity index (χ0) is 14.8. The number of nitrogens with one attached hydrogen (secondary N) is 2. The standard InChI is InChI=1S/C14H19N3O3/c1-3-10-5-6-11(9-12(10)17(19)20)16-13(18)14(2)7-4-8-15-14/h5-6,9,15H,3-4,7-8H2,1-2H3,(H,16,18). The molecule has 0 aromatic heterocycles. The van der Waals surface area contributed by atoms with Gasteiger partial charge in [-0.15, -0.1) is 0 Å². The van der Waals surface area contributed by atoms with Gasteiger partial charge in [-0.25, -0.2) is 0 Å². The molecular weight excluding hydrogens is 258 g/mol. The lowest BCUT2D eigenvalue weighted by atomic mass is 9.99. The highest BCUT2D eigenvalue weighted by Gasteiger charge is 2.36. The zero-order valence-electron chi connectivity index (χ0n) is 11.7. The van der Waals surface area contributed by atoms with Crippen molar-refractivity contribution in [2.75, 3.05) is 11.9 Å². The van der Waals surface area contributed by atoms with Crippen molar-refractivity contribution in [1.82, 2.24) is 5.32 Å². The van der Waals surface area contributed by atoms with Gasteiger partial charge >= 0.3 is 0 Å². The van der Waals surface area contributed by atoms with Crippen LogP contribution < -0.4 is 10.6 Å². The number of hydrogen-bond acceptors (Lipinski definition) is 4. The summed E-state index contributed by atoms with van der Waals surface area (Å²) < 4.78 is 0. The Morgan fingerprint density at radius 3 is 2.85 bits per heavy atom. The van der Waals surface area contributed by atoms with Crippen molar-refractivity contribution in [3.8, 4) is 0 Å². The van der Waals surface area contributed by atoms with Crippen LogP contribution in [0.4, 0.5) is 11.4 Å². The van der Waals surface area contributed by atoms with Crippen molar-refractivity contribution >= 4 is 17.3 Å². The molecule has 0 aliphatic carbocycles. The molecule has 1 aliphatic heterocycles. The molecule has 1 unspecified atom stereocenters. The summed E-state index contributed by atoms with van der Waals surface area (Å²) in [7, 11) is 0. The predicted molar refractivity (Wildman–Crippen MR) is 76.7 cm³/mol. The van der Waals surface area contributed by atoms with Gasteiger partial charge in [0.1, 0.15) is 0 Å². The van der Waals surface area contributed by atoms with Crippen LogP contribution in [0.1, 0.15) is 32.3 Å². The molecule has 2 N–H and O–H groups in total. The molecule has 20 heavy (non-hydrogen) atoms. The van der Waals surface area contributed by atoms with Gasteiger partial charge in [0, 0.05) is 17.3 Å². The van der Waals surface area contributed by atoms with Gasteiger partial charge < -0.3 is 10.6 Å². The van der Waals surface area contributed by atoms with Gasteiger partial charge in [-0.3, -0.25) is 14.9 Å². The van der Waals surface area contributed by atoms with E-state index >= 15 is 0 Å². The van der Waals surface area contributed by atoms with Gasteiger partial charge in [0.15, 0.2) is 0 Å². The summed E-state index contributed by atoms with van der Waals surface area (Å²) in [5.74, 6) is -0.145. The van der Waals surface area contributed by atoms with Gasteiger partial charge in [0.05, 0.1) is 10.5 Å². The monoisotopic (exact) mass is 277 g/mol. The number of benzene rings is 1. The number of carbonyl (C=O) groups is 1. The number of nitro benzene ring substituents is 1. The van der Waals surface area contributed by atoms with Crippen LogP contribution >= 0.6 is 0 Å². The molecule has 6 nitrogen and oxygen atoms in total. The summed E-state index contributed by atoms with van der Waals surface area (Å²) in [4.78, 5) is 22.8. The Labute approximate surface area is 117 Å². The fraction of sp³-hybridized carbons (Fsp3) is 0.500. The average Bonchev–Trinajstić information content (AvgIpc) is 2.87. The summed E-state index contributed by atoms with van der Waals surface area (Å²) in [5, 5.41) is 17.0. The van der Waals surface area contributed by atoms with Crippen molar-refractivity contribution in [2.45, 2.75) is 38.6 Å². The van der Waals surface area contributed by atoms with Gasteiger partial charge in [-0.05, 0) is 38.8 Å². The van der Waals surface area contributed by atoms with Crippen LogP contribution in [0.3, 0.4) is 0 Å². The van der Waals surface area contributed by atoms with Crippen molar-refractivity contribution in [3.63, 3.8) is 0 Å². The van der Waals surface area contributed by atoms with E-state index in [1.54, 1.807) is 12.1 Å². The van der Waals surface area contributed by atoms with Crippen LogP contribution in [-0.2, 0) is 11.2 Å². The fourth-order valence-corrected chi connectivity index (χ4v) is 2.47. The van der Waals surface area contributed by atoms with Crippen molar-refractivity contribution in [2.24, 2.45) is 0 Å². The second kappa shape index (κ2) is 5.58. The number of aryl methyl sites for hydroxylation is 1. The third kappa shape index (κ3) is 2.80. The molecule has 1 saturated heterocycles. The molecule has 1 heterocycles. The number of rotatable bonds is 4. The first-order valence-corrected chi connectivity index (χ1v) is 6.80. The first kappa shape index (κ1) is 14.5. The highest BCUT2D eigenvalue weighted by molar-refractivity contribution is 5.98. The van der Waals surface area contributed by atoms with Gasteiger partial charge in [0.25, 0.3) is 5.69 Å². The van der Waals surface area contributed by atoms with E-state index in [9.17, 15) is 14.9 Å². The molecule has 0 spiro atoms. The highest BCUT2D eigenvalue weighted by atomic mass is 16.6. The lowest BCUT2D eigenvalue weighted by Gasteiger charge is -2.23. The third-order valence-corrected chi connectivity index (χ3v) is 3.79. The van der Waals surface area contributed by atoms with E-state index in [2.05, 4.69) is 10.6 Å². The largest absolute Gasteiger partial charge is 0.324 e. The Morgan fingerprint density at radius 1 is 1.55 bits per heavy atom. The first-order valence-electron chi connectivity index (χ1n) is 6.80. The van der Waals surface area contributed by atoms with Crippen molar-refractivity contribution in [3.05, 3.63) is 33.9 Å². The SMILES string of the molecule is CCc1ccc(NC(=O)C2(C)CCCN2)cc1[N+](=O)[O-]. The number of anilines is 1. The number of carbonyl (C=O) groups excluding carboxylic acids is 1. The average molecular weight is 277 g/mol. The summed E-state index contributed by atoms with van der Waals surface area (Å²) in [6, 6.07) is 4.83. The Hall–Kier alpha value is -1.95. The molecule has 1 fully saturated rings. The fourth-order valence-electron chi connectivity index (χ4n) is 2.47. The van der Waals surface area contributed by atoms with Crippen LogP contribution in [0, 0.1) is 10.1 Å². The molecule has 1 aromatic carbocycles. The van der Waals surface area contributed by atoms with Crippen LogP contribution in [0.5, 0.6) is 0 Å². The molecule has 0 radical (unpaired) electrons. The smallest absolute Gasteiger partial charge is 0.274 e. The van der Waals surface area contributed by atoms with Crippen LogP contribution in [0.2, 0.25) is 0 Å². The highest BCUT2D eigenvalue weighted by Crippen LogP contribution is 2.25. The lowest BCUT2D eigenvalue weighted by Crippen LogP contribution is -2.47. The van der Waals surface area contributed by atoms with E-state index in [0.717, 1.165) is 19.4 Å². The second-order valence-electron chi connectivity index (χ2n) is 5.27. The quantitative estimate of drug-likeness (QED) is 0.653. The Balaban J connectivity index is 2.19. The number of nitrogens with zero attached hydrogens (tertiary/aromatic N) is 1. The molecule has 1 aromatic rings. The normalized spacial score (nSPS) is 21.7. The number of nitro groups is 1. The Morgan fingerprint density at radius 2 is 2.30 bits per heavy atom. The maximum atomic E-state index is 12.2. The van der Waals surface area contributed by atoms with E-state index in [1.165, 1.54) is 6.07 Å². The van der Waals surface area contributed by atoms with E-state index in [4.69, 9.17) is 0 Å². The summed E-state index contributed by atoms with van der Waals surface area (Å²) >= 11 is 0. The Bertz CT molecular complexity index is 536. The van der Waals surface area contributed by atoms with Gasteiger partial charge in [0.2, 0.25) is 5.91 Å². The molecule has 0 saturated carbocycles. The minimum absolute atomic E-state index is 0.0508. The molecule has 108 valence electrons. The number of amides is 1. The topological polar surface area (TPSA) is 84.3 Å². The summed E-state index contributed by atoms with van der Waals surface area (Å²) in [6.45, 7) is 4.53. The predicted octanol–water partition coefficient (Wildman–Crippen LogP) is 2.24. The summed E-state index contributed by atoms with van der Waals surface area (Å²) in [6.07, 6.45) is 2.32. The van der Waals surface area contributed by atoms with Crippen molar-refractivity contribution < 1.29 is 9.72 Å². The summed E-state index contributed by atoms with van der Waals surface area (Å²) in [5.41, 5.74) is 0.597. The van der Waals surface area contributed by atoms with E-state index < -0.39 is 10.5 Å². The Kier molecular flexibility index (Phi) is 4.04. The molecule has 6 heteroatoms.